The minimum Gasteiger partial charge on any atom is -0.478 e. The van der Waals surface area contributed by atoms with Crippen molar-refractivity contribution in [1.82, 2.24) is 4.90 Å². The molecule has 0 amide bonds. The van der Waals surface area contributed by atoms with Gasteiger partial charge in [0.25, 0.3) is 0 Å². The molecule has 114 valence electrons. The standard InChI is InChI=1S/C19H21NO2/c21-19(22)17-13-7-8-14-20(16-11-5-2-6-12-16)18(17)15-9-3-1-4-10-15/h1,3-4,7-10,13-14,16H,2,5-6,11-12H2,(H,21,22). The minimum atomic E-state index is -0.875. The van der Waals surface area contributed by atoms with Crippen LogP contribution in [-0.2, 0) is 4.79 Å². The van der Waals surface area contributed by atoms with E-state index in [0.717, 1.165) is 24.1 Å². The molecule has 0 atom stereocenters. The lowest BCUT2D eigenvalue weighted by atomic mass is 9.92. The molecule has 0 unspecified atom stereocenters. The second kappa shape index (κ2) is 6.65. The maximum Gasteiger partial charge on any atom is 0.337 e. The van der Waals surface area contributed by atoms with Gasteiger partial charge in [-0.1, -0.05) is 55.7 Å². The van der Waals surface area contributed by atoms with Crippen LogP contribution in [0.25, 0.3) is 5.70 Å². The molecule has 1 N–H and O–H groups in total. The van der Waals surface area contributed by atoms with E-state index in [0.29, 0.717) is 11.6 Å². The summed E-state index contributed by atoms with van der Waals surface area (Å²) in [4.78, 5) is 13.9. The molecule has 1 fully saturated rings. The summed E-state index contributed by atoms with van der Waals surface area (Å²) < 4.78 is 0. The van der Waals surface area contributed by atoms with Gasteiger partial charge in [0, 0.05) is 12.2 Å². The van der Waals surface area contributed by atoms with E-state index in [1.807, 2.05) is 48.7 Å². The fraction of sp³-hybridized carbons (Fsp3) is 0.316. The normalized spacial score (nSPS) is 19.4. The number of benzene rings is 1. The Morgan fingerprint density at radius 2 is 1.77 bits per heavy atom. The predicted molar refractivity (Wildman–Crippen MR) is 88.0 cm³/mol. The third-order valence-electron chi connectivity index (χ3n) is 4.38. The van der Waals surface area contributed by atoms with E-state index in [2.05, 4.69) is 4.90 Å². The average molecular weight is 295 g/mol. The highest BCUT2D eigenvalue weighted by Crippen LogP contribution is 2.33. The molecule has 3 nitrogen and oxygen atoms in total. The molecule has 1 aliphatic heterocycles. The van der Waals surface area contributed by atoms with Gasteiger partial charge in [0.2, 0.25) is 0 Å². The molecule has 3 rings (SSSR count). The summed E-state index contributed by atoms with van der Waals surface area (Å²) in [6.07, 6.45) is 13.4. The Labute approximate surface area is 131 Å². The molecule has 22 heavy (non-hydrogen) atoms. The Morgan fingerprint density at radius 1 is 1.05 bits per heavy atom. The largest absolute Gasteiger partial charge is 0.478 e. The highest BCUT2D eigenvalue weighted by atomic mass is 16.4. The SMILES string of the molecule is O=C(O)C1=C(c2ccccc2)N(C2CCCCC2)C=CC=C1. The van der Waals surface area contributed by atoms with Crippen molar-refractivity contribution < 1.29 is 9.90 Å². The van der Waals surface area contributed by atoms with Crippen molar-refractivity contribution in [2.45, 2.75) is 38.1 Å². The zero-order valence-electron chi connectivity index (χ0n) is 12.6. The number of allylic oxidation sites excluding steroid dienone is 2. The van der Waals surface area contributed by atoms with Crippen molar-refractivity contribution in [1.29, 1.82) is 0 Å². The smallest absolute Gasteiger partial charge is 0.337 e. The second-order valence-corrected chi connectivity index (χ2v) is 5.83. The van der Waals surface area contributed by atoms with Gasteiger partial charge in [0.1, 0.15) is 0 Å². The van der Waals surface area contributed by atoms with Crippen LogP contribution >= 0.6 is 0 Å². The van der Waals surface area contributed by atoms with E-state index in [9.17, 15) is 9.90 Å². The van der Waals surface area contributed by atoms with Crippen molar-refractivity contribution >= 4 is 11.7 Å². The first-order valence-electron chi connectivity index (χ1n) is 7.93. The van der Waals surface area contributed by atoms with Gasteiger partial charge >= 0.3 is 5.97 Å². The van der Waals surface area contributed by atoms with Crippen LogP contribution in [0.5, 0.6) is 0 Å². The molecule has 2 aliphatic rings. The van der Waals surface area contributed by atoms with E-state index in [1.165, 1.54) is 19.3 Å². The summed E-state index contributed by atoms with van der Waals surface area (Å²) in [5, 5.41) is 9.65. The monoisotopic (exact) mass is 295 g/mol. The number of nitrogens with zero attached hydrogens (tertiary/aromatic N) is 1. The van der Waals surface area contributed by atoms with Crippen LogP contribution in [0, 0.1) is 0 Å². The van der Waals surface area contributed by atoms with E-state index >= 15 is 0 Å². The molecule has 1 saturated carbocycles. The average Bonchev–Trinajstić information content (AvgIpc) is 2.79. The summed E-state index contributed by atoms with van der Waals surface area (Å²) in [7, 11) is 0. The molecular weight excluding hydrogens is 274 g/mol. The quantitative estimate of drug-likeness (QED) is 0.908. The lowest BCUT2D eigenvalue weighted by molar-refractivity contribution is -0.132. The van der Waals surface area contributed by atoms with Crippen molar-refractivity contribution in [3.05, 3.63) is 65.9 Å². The number of rotatable bonds is 3. The van der Waals surface area contributed by atoms with Gasteiger partial charge in [-0.3, -0.25) is 0 Å². The van der Waals surface area contributed by atoms with Crippen molar-refractivity contribution in [3.8, 4) is 0 Å². The fourth-order valence-electron chi connectivity index (χ4n) is 3.32. The minimum absolute atomic E-state index is 0.363. The molecule has 1 aromatic rings. The first-order valence-corrected chi connectivity index (χ1v) is 7.93. The third kappa shape index (κ3) is 2.98. The lowest BCUT2D eigenvalue weighted by Gasteiger charge is -2.35. The van der Waals surface area contributed by atoms with Crippen molar-refractivity contribution in [2.75, 3.05) is 0 Å². The zero-order valence-corrected chi connectivity index (χ0v) is 12.6. The number of aliphatic carboxylic acids is 1. The summed E-state index contributed by atoms with van der Waals surface area (Å²) in [6.45, 7) is 0. The van der Waals surface area contributed by atoms with Gasteiger partial charge in [0.05, 0.1) is 11.3 Å². The number of carboxylic acid groups (broad SMARTS) is 1. The van der Waals surface area contributed by atoms with Crippen molar-refractivity contribution in [2.24, 2.45) is 0 Å². The summed E-state index contributed by atoms with van der Waals surface area (Å²) in [6, 6.07) is 10.2. The van der Waals surface area contributed by atoms with Crippen LogP contribution in [0.1, 0.15) is 37.7 Å². The molecule has 0 saturated heterocycles. The van der Waals surface area contributed by atoms with Crippen LogP contribution < -0.4 is 0 Å². The van der Waals surface area contributed by atoms with Gasteiger partial charge in [-0.25, -0.2) is 4.79 Å². The van der Waals surface area contributed by atoms with Crippen LogP contribution in [0.2, 0.25) is 0 Å². The number of hydrogen-bond donors (Lipinski definition) is 1. The van der Waals surface area contributed by atoms with Crippen LogP contribution in [0.15, 0.2) is 60.3 Å². The summed E-state index contributed by atoms with van der Waals surface area (Å²) in [5.74, 6) is -0.875. The molecule has 1 aromatic carbocycles. The second-order valence-electron chi connectivity index (χ2n) is 5.83. The van der Waals surface area contributed by atoms with E-state index < -0.39 is 5.97 Å². The first kappa shape index (κ1) is 14.6. The van der Waals surface area contributed by atoms with Gasteiger partial charge in [-0.15, -0.1) is 0 Å². The van der Waals surface area contributed by atoms with E-state index in [4.69, 9.17) is 0 Å². The molecule has 1 aliphatic carbocycles. The molecule has 0 bridgehead atoms. The molecule has 3 heteroatoms. The van der Waals surface area contributed by atoms with Crippen LogP contribution in [-0.4, -0.2) is 22.0 Å². The third-order valence-corrected chi connectivity index (χ3v) is 4.38. The maximum absolute atomic E-state index is 11.8. The van der Waals surface area contributed by atoms with E-state index in [-0.39, 0.29) is 0 Å². The number of carbonyl (C=O) groups is 1. The summed E-state index contributed by atoms with van der Waals surface area (Å²) >= 11 is 0. The molecule has 0 spiro atoms. The predicted octanol–water partition coefficient (Wildman–Crippen LogP) is 4.20. The Hall–Kier alpha value is -2.29. The van der Waals surface area contributed by atoms with Gasteiger partial charge in [-0.05, 0) is 30.6 Å². The van der Waals surface area contributed by atoms with Gasteiger partial charge < -0.3 is 10.0 Å². The highest BCUT2D eigenvalue weighted by Gasteiger charge is 2.26. The highest BCUT2D eigenvalue weighted by molar-refractivity contribution is 5.99. The Bertz CT molecular complexity index is 622. The number of hydrogen-bond acceptors (Lipinski definition) is 2. The Balaban J connectivity index is 2.09. The Kier molecular flexibility index (Phi) is 4.42. The number of carboxylic acids is 1. The lowest BCUT2D eigenvalue weighted by Crippen LogP contribution is -2.32. The Morgan fingerprint density at radius 3 is 2.45 bits per heavy atom. The van der Waals surface area contributed by atoms with Crippen LogP contribution in [0.3, 0.4) is 0 Å². The topological polar surface area (TPSA) is 40.5 Å². The molecule has 0 radical (unpaired) electrons. The molecule has 0 aromatic heterocycles. The fourth-order valence-corrected chi connectivity index (χ4v) is 3.32. The van der Waals surface area contributed by atoms with Gasteiger partial charge in [-0.2, -0.15) is 0 Å². The van der Waals surface area contributed by atoms with E-state index in [1.54, 1.807) is 6.08 Å². The molecule has 1 heterocycles. The maximum atomic E-state index is 11.8. The first-order chi connectivity index (χ1) is 10.8. The van der Waals surface area contributed by atoms with Crippen molar-refractivity contribution in [3.63, 3.8) is 0 Å². The van der Waals surface area contributed by atoms with Gasteiger partial charge in [0.15, 0.2) is 0 Å². The molecular formula is C19H21NO2. The van der Waals surface area contributed by atoms with Crippen LogP contribution in [0.4, 0.5) is 0 Å². The summed E-state index contributed by atoms with van der Waals surface area (Å²) in [5.41, 5.74) is 2.13. The zero-order chi connectivity index (χ0) is 15.4.